The minimum Gasteiger partial charge on any atom is -0.488 e. The van der Waals surface area contributed by atoms with Crippen LogP contribution >= 0.6 is 34.5 Å². The van der Waals surface area contributed by atoms with Gasteiger partial charge in [0.25, 0.3) is 5.56 Å². The summed E-state index contributed by atoms with van der Waals surface area (Å²) in [6, 6.07) is 21.4. The molecule has 0 unspecified atom stereocenters. The Bertz CT molecular complexity index is 1760. The highest BCUT2D eigenvalue weighted by Gasteiger charge is 2.33. The summed E-state index contributed by atoms with van der Waals surface area (Å²) >= 11 is 13.9. The zero-order valence-corrected chi connectivity index (χ0v) is 23.5. The third kappa shape index (κ3) is 5.43. The van der Waals surface area contributed by atoms with Crippen molar-refractivity contribution in [2.24, 2.45) is 4.99 Å². The minimum atomic E-state index is -0.665. The van der Waals surface area contributed by atoms with Gasteiger partial charge >= 0.3 is 5.97 Å². The number of halogens is 2. The van der Waals surface area contributed by atoms with Gasteiger partial charge in [-0.25, -0.2) is 9.79 Å². The number of ether oxygens (including phenoxy) is 2. The van der Waals surface area contributed by atoms with Crippen molar-refractivity contribution in [1.82, 2.24) is 4.57 Å². The lowest BCUT2D eigenvalue weighted by atomic mass is 9.95. The first-order chi connectivity index (χ1) is 18.9. The molecule has 1 aromatic heterocycles. The topological polar surface area (TPSA) is 69.9 Å². The first kappa shape index (κ1) is 26.9. The van der Waals surface area contributed by atoms with Crippen LogP contribution in [0.4, 0.5) is 0 Å². The average molecular weight is 580 g/mol. The van der Waals surface area contributed by atoms with Crippen molar-refractivity contribution in [3.63, 3.8) is 0 Å². The van der Waals surface area contributed by atoms with E-state index in [4.69, 9.17) is 37.7 Å². The number of fused-ring (bicyclic) bond motifs is 1. The van der Waals surface area contributed by atoms with Gasteiger partial charge in [-0.15, -0.1) is 0 Å². The number of carbonyl (C=O) groups is 1. The Morgan fingerprint density at radius 2 is 1.82 bits per heavy atom. The van der Waals surface area contributed by atoms with Crippen LogP contribution in [0.3, 0.4) is 0 Å². The molecule has 0 fully saturated rings. The van der Waals surface area contributed by atoms with E-state index in [-0.39, 0.29) is 12.2 Å². The molecule has 2 heterocycles. The number of benzene rings is 3. The summed E-state index contributed by atoms with van der Waals surface area (Å²) in [6.07, 6.45) is 2.25. The fourth-order valence-electron chi connectivity index (χ4n) is 4.49. The number of aromatic nitrogens is 1. The second kappa shape index (κ2) is 11.6. The zero-order valence-electron chi connectivity index (χ0n) is 21.2. The Hall–Kier alpha value is -3.65. The Balaban J connectivity index is 1.64. The third-order valence-electron chi connectivity index (χ3n) is 6.37. The Morgan fingerprint density at radius 1 is 1.08 bits per heavy atom. The minimum absolute atomic E-state index is 0.250. The van der Waals surface area contributed by atoms with Crippen LogP contribution in [0.15, 0.2) is 93.9 Å². The van der Waals surface area contributed by atoms with E-state index in [0.29, 0.717) is 48.4 Å². The van der Waals surface area contributed by atoms with E-state index in [1.54, 1.807) is 34.9 Å². The first-order valence-electron chi connectivity index (χ1n) is 12.2. The van der Waals surface area contributed by atoms with Crippen LogP contribution in [-0.2, 0) is 16.1 Å². The summed E-state index contributed by atoms with van der Waals surface area (Å²) in [6.45, 7) is 2.17. The fraction of sp³-hybridized carbons (Fsp3) is 0.167. The van der Waals surface area contributed by atoms with E-state index in [2.05, 4.69) is 0 Å². The Kier molecular flexibility index (Phi) is 8.02. The average Bonchev–Trinajstić information content (AvgIpc) is 3.26. The van der Waals surface area contributed by atoms with Gasteiger partial charge in [0.1, 0.15) is 12.4 Å². The number of methoxy groups -OCH3 is 1. The number of rotatable bonds is 7. The molecule has 0 N–H and O–H groups in total. The summed E-state index contributed by atoms with van der Waals surface area (Å²) in [5.41, 5.74) is 2.94. The Labute approximate surface area is 239 Å². The molecule has 0 amide bonds. The van der Waals surface area contributed by atoms with Crippen LogP contribution in [0.2, 0.25) is 10.0 Å². The Morgan fingerprint density at radius 3 is 2.54 bits per heavy atom. The number of esters is 1. The van der Waals surface area contributed by atoms with Crippen molar-refractivity contribution < 1.29 is 14.3 Å². The van der Waals surface area contributed by atoms with Crippen LogP contribution in [-0.4, -0.2) is 17.6 Å². The van der Waals surface area contributed by atoms with Gasteiger partial charge in [-0.3, -0.25) is 9.36 Å². The molecule has 0 aliphatic carbocycles. The van der Waals surface area contributed by atoms with E-state index >= 15 is 0 Å². The summed E-state index contributed by atoms with van der Waals surface area (Å²) in [7, 11) is 1.33. The van der Waals surface area contributed by atoms with Gasteiger partial charge in [0.2, 0.25) is 0 Å². The lowest BCUT2D eigenvalue weighted by molar-refractivity contribution is -0.136. The predicted molar refractivity (Wildman–Crippen MR) is 154 cm³/mol. The van der Waals surface area contributed by atoms with Crippen molar-refractivity contribution >= 4 is 46.6 Å². The maximum atomic E-state index is 13.9. The van der Waals surface area contributed by atoms with Crippen molar-refractivity contribution in [2.75, 3.05) is 7.11 Å². The van der Waals surface area contributed by atoms with E-state index in [9.17, 15) is 9.59 Å². The van der Waals surface area contributed by atoms with E-state index < -0.39 is 12.0 Å². The van der Waals surface area contributed by atoms with Crippen molar-refractivity contribution in [1.29, 1.82) is 0 Å². The zero-order chi connectivity index (χ0) is 27.5. The van der Waals surface area contributed by atoms with Crippen molar-refractivity contribution in [3.05, 3.63) is 130 Å². The lowest BCUT2D eigenvalue weighted by Crippen LogP contribution is -2.40. The molecule has 0 saturated heterocycles. The normalized spacial score (nSPS) is 15.1. The molecule has 198 valence electrons. The van der Waals surface area contributed by atoms with Crippen LogP contribution in [0.25, 0.3) is 6.08 Å². The van der Waals surface area contributed by atoms with Crippen LogP contribution in [0.1, 0.15) is 36.1 Å². The number of nitrogens with zero attached hydrogens (tertiary/aromatic N) is 2. The standard InChI is InChI=1S/C30H24Cl2N2O4S/c1-3-23-26(29(36)37-2)27(18-9-5-4-6-10-18)34-28(35)25(39-30(34)33-23)16-20-15-21(31)13-14-24(20)38-17-19-11-7-8-12-22(19)32/h4-16,27H,3,17H2,1-2H3/b25-16+/t27-/m0/s1. The number of thiazole rings is 1. The van der Waals surface area contributed by atoms with E-state index in [1.165, 1.54) is 18.4 Å². The maximum absolute atomic E-state index is 13.9. The second-order valence-corrected chi connectivity index (χ2v) is 10.6. The van der Waals surface area contributed by atoms with Crippen LogP contribution < -0.4 is 19.6 Å². The van der Waals surface area contributed by atoms with Gasteiger partial charge in [0.15, 0.2) is 4.80 Å². The summed E-state index contributed by atoms with van der Waals surface area (Å²) < 4.78 is 13.2. The molecule has 39 heavy (non-hydrogen) atoms. The summed E-state index contributed by atoms with van der Waals surface area (Å²) in [4.78, 5) is 32.0. The summed E-state index contributed by atoms with van der Waals surface area (Å²) in [5.74, 6) is 0.0399. The second-order valence-electron chi connectivity index (χ2n) is 8.76. The highest BCUT2D eigenvalue weighted by atomic mass is 35.5. The molecule has 9 heteroatoms. The molecule has 1 aliphatic rings. The van der Waals surface area contributed by atoms with Gasteiger partial charge in [0, 0.05) is 21.2 Å². The molecule has 5 rings (SSSR count). The van der Waals surface area contributed by atoms with E-state index in [1.807, 2.05) is 55.5 Å². The number of hydrogen-bond donors (Lipinski definition) is 0. The maximum Gasteiger partial charge on any atom is 0.338 e. The van der Waals surface area contributed by atoms with Crippen molar-refractivity contribution in [3.8, 4) is 5.75 Å². The number of carbonyl (C=O) groups excluding carboxylic acids is 1. The molecule has 0 radical (unpaired) electrons. The molecule has 3 aromatic carbocycles. The third-order valence-corrected chi connectivity index (χ3v) is 7.95. The predicted octanol–water partition coefficient (Wildman–Crippen LogP) is 5.68. The molecule has 0 spiro atoms. The first-order valence-corrected chi connectivity index (χ1v) is 13.8. The quantitative estimate of drug-likeness (QED) is 0.264. The van der Waals surface area contributed by atoms with Gasteiger partial charge in [0.05, 0.1) is 29.0 Å². The molecular weight excluding hydrogens is 555 g/mol. The lowest BCUT2D eigenvalue weighted by Gasteiger charge is -2.25. The van der Waals surface area contributed by atoms with Gasteiger partial charge in [-0.1, -0.05) is 90.0 Å². The largest absolute Gasteiger partial charge is 0.488 e. The van der Waals surface area contributed by atoms with Crippen LogP contribution in [0.5, 0.6) is 5.75 Å². The molecule has 0 saturated carbocycles. The molecule has 0 bridgehead atoms. The molecule has 6 nitrogen and oxygen atoms in total. The smallest absolute Gasteiger partial charge is 0.338 e. The molecule has 1 atom stereocenters. The van der Waals surface area contributed by atoms with Gasteiger partial charge < -0.3 is 9.47 Å². The van der Waals surface area contributed by atoms with Crippen molar-refractivity contribution in [2.45, 2.75) is 26.0 Å². The summed E-state index contributed by atoms with van der Waals surface area (Å²) in [5, 5.41) is 1.11. The molecule has 4 aromatic rings. The van der Waals surface area contributed by atoms with Gasteiger partial charge in [-0.2, -0.15) is 0 Å². The SMILES string of the molecule is CCC1=C(C(=O)OC)[C@H](c2ccccc2)n2c(s/c(=C/c3cc(Cl)ccc3OCc3ccccc3Cl)c2=O)=N1. The highest BCUT2D eigenvalue weighted by Crippen LogP contribution is 2.32. The highest BCUT2D eigenvalue weighted by molar-refractivity contribution is 7.07. The van der Waals surface area contributed by atoms with E-state index in [0.717, 1.165) is 11.1 Å². The number of hydrogen-bond acceptors (Lipinski definition) is 6. The van der Waals surface area contributed by atoms with Crippen LogP contribution in [0, 0.1) is 0 Å². The number of allylic oxidation sites excluding steroid dienone is 1. The molecule has 1 aliphatic heterocycles. The fourth-order valence-corrected chi connectivity index (χ4v) is 5.87. The molecular formula is C30H24Cl2N2O4S. The van der Waals surface area contributed by atoms with Gasteiger partial charge in [-0.05, 0) is 42.3 Å². The monoisotopic (exact) mass is 578 g/mol.